The lowest BCUT2D eigenvalue weighted by atomic mass is 10.2. The summed E-state index contributed by atoms with van der Waals surface area (Å²) < 4.78 is 16.2. The molecule has 1 amide bonds. The zero-order valence-electron chi connectivity index (χ0n) is 21.5. The quantitative estimate of drug-likeness (QED) is 0.436. The summed E-state index contributed by atoms with van der Waals surface area (Å²) >= 11 is 0. The molecule has 0 saturated carbocycles. The summed E-state index contributed by atoms with van der Waals surface area (Å²) in [4.78, 5) is 24.4. The van der Waals surface area contributed by atoms with Crippen LogP contribution in [0.25, 0.3) is 0 Å². The second-order valence-electron chi connectivity index (χ2n) is 7.21. The number of carbonyl (C=O) groups excluding carboxylic acids is 1. The Hall–Kier alpha value is -3.40. The van der Waals surface area contributed by atoms with Crippen molar-refractivity contribution in [1.82, 2.24) is 14.9 Å². The first kappa shape index (κ1) is 27.8. The molecule has 0 bridgehead atoms. The number of aryl methyl sites for hydroxylation is 1. The number of cyclic esters (lactones) is 1. The van der Waals surface area contributed by atoms with Gasteiger partial charge < -0.3 is 24.0 Å². The molecule has 2 fully saturated rings. The highest BCUT2D eigenvalue weighted by molar-refractivity contribution is 5.76. The molecule has 0 unspecified atom stereocenters. The highest BCUT2D eigenvalue weighted by Gasteiger charge is 2.21. The fourth-order valence-corrected chi connectivity index (χ4v) is 3.28. The maximum atomic E-state index is 11.6. The van der Waals surface area contributed by atoms with E-state index in [4.69, 9.17) is 14.2 Å². The van der Waals surface area contributed by atoms with Crippen LogP contribution in [0.2, 0.25) is 0 Å². The minimum absolute atomic E-state index is 0. The van der Waals surface area contributed by atoms with Crippen molar-refractivity contribution >= 4 is 23.8 Å². The SMILES string of the molecule is CC.CC.Cc1cccc(N/N=C/c2nc(OCCN3CCOC3=O)cc(N3CCOCC3)n2)c1.[HH]. The van der Waals surface area contributed by atoms with Gasteiger partial charge in [-0.2, -0.15) is 10.1 Å². The monoisotopic (exact) mass is 488 g/mol. The van der Waals surface area contributed by atoms with Gasteiger partial charge in [-0.1, -0.05) is 39.8 Å². The Morgan fingerprint density at radius 1 is 1.11 bits per heavy atom. The third-order valence-corrected chi connectivity index (χ3v) is 4.89. The van der Waals surface area contributed by atoms with Crippen LogP contribution in [0, 0.1) is 6.92 Å². The van der Waals surface area contributed by atoms with Crippen molar-refractivity contribution in [1.29, 1.82) is 0 Å². The van der Waals surface area contributed by atoms with Crippen LogP contribution in [-0.4, -0.2) is 79.8 Å². The van der Waals surface area contributed by atoms with Crippen LogP contribution in [-0.2, 0) is 9.47 Å². The van der Waals surface area contributed by atoms with Gasteiger partial charge in [-0.25, -0.2) is 9.78 Å². The van der Waals surface area contributed by atoms with E-state index >= 15 is 0 Å². The van der Waals surface area contributed by atoms with Gasteiger partial charge in [-0.3, -0.25) is 5.43 Å². The van der Waals surface area contributed by atoms with E-state index in [1.165, 1.54) is 0 Å². The predicted molar refractivity (Wildman–Crippen MR) is 141 cm³/mol. The van der Waals surface area contributed by atoms with Crippen LogP contribution >= 0.6 is 0 Å². The van der Waals surface area contributed by atoms with E-state index in [1.54, 1.807) is 17.2 Å². The number of hydrogen-bond acceptors (Lipinski definition) is 9. The van der Waals surface area contributed by atoms with Crippen LogP contribution in [0.3, 0.4) is 0 Å². The first-order valence-electron chi connectivity index (χ1n) is 12.3. The van der Waals surface area contributed by atoms with E-state index in [1.807, 2.05) is 58.9 Å². The molecular formula is C25H40N6O4. The number of hydrazone groups is 1. The summed E-state index contributed by atoms with van der Waals surface area (Å²) in [5, 5.41) is 4.27. The summed E-state index contributed by atoms with van der Waals surface area (Å²) in [6.45, 7) is 14.6. The summed E-state index contributed by atoms with van der Waals surface area (Å²) in [6, 6.07) is 9.73. The van der Waals surface area contributed by atoms with Gasteiger partial charge in [0.1, 0.15) is 19.0 Å². The maximum absolute atomic E-state index is 11.6. The first-order chi connectivity index (χ1) is 17.2. The van der Waals surface area contributed by atoms with Crippen LogP contribution in [0.5, 0.6) is 5.88 Å². The Balaban J connectivity index is 0.00000123. The van der Waals surface area contributed by atoms with E-state index in [2.05, 4.69) is 25.4 Å². The molecule has 0 radical (unpaired) electrons. The third-order valence-electron chi connectivity index (χ3n) is 4.89. The Morgan fingerprint density at radius 3 is 2.57 bits per heavy atom. The second-order valence-corrected chi connectivity index (χ2v) is 7.21. The highest BCUT2D eigenvalue weighted by atomic mass is 16.6. The number of aromatic nitrogens is 2. The molecule has 1 aromatic carbocycles. The predicted octanol–water partition coefficient (Wildman–Crippen LogP) is 4.20. The molecule has 35 heavy (non-hydrogen) atoms. The topological polar surface area (TPSA) is 101 Å². The molecule has 2 aliphatic rings. The zero-order valence-corrected chi connectivity index (χ0v) is 21.5. The lowest BCUT2D eigenvalue weighted by Crippen LogP contribution is -2.37. The average molecular weight is 489 g/mol. The molecule has 4 rings (SSSR count). The van der Waals surface area contributed by atoms with Crippen LogP contribution in [0.1, 0.15) is 40.5 Å². The molecule has 0 atom stereocenters. The van der Waals surface area contributed by atoms with E-state index in [0.29, 0.717) is 51.2 Å². The van der Waals surface area contributed by atoms with Gasteiger partial charge in [-0.15, -0.1) is 0 Å². The summed E-state index contributed by atoms with van der Waals surface area (Å²) in [5.41, 5.74) is 5.02. The first-order valence-corrected chi connectivity index (χ1v) is 12.3. The Labute approximate surface area is 209 Å². The number of nitrogens with one attached hydrogen (secondary N) is 1. The Morgan fingerprint density at radius 2 is 1.89 bits per heavy atom. The largest absolute Gasteiger partial charge is 0.476 e. The number of benzene rings is 1. The second kappa shape index (κ2) is 15.5. The normalized spacial score (nSPS) is 15.1. The van der Waals surface area contributed by atoms with Crippen molar-refractivity contribution in [2.24, 2.45) is 5.10 Å². The summed E-state index contributed by atoms with van der Waals surface area (Å²) in [7, 11) is 0. The van der Waals surface area contributed by atoms with Crippen molar-refractivity contribution in [3.8, 4) is 5.88 Å². The van der Waals surface area contributed by atoms with Crippen molar-refractivity contribution < 1.29 is 20.4 Å². The molecule has 1 N–H and O–H groups in total. The number of rotatable bonds is 8. The molecule has 3 heterocycles. The fraction of sp³-hybridized carbons (Fsp3) is 0.520. The Kier molecular flexibility index (Phi) is 12.3. The standard InChI is InChI=1S/C21H26N6O4.2C2H6.H2/c1-16-3-2-4-17(13-16)25-22-15-18-23-19(26-5-9-29-10-6-26)14-20(24-18)30-11-7-27-8-12-31-21(27)28;2*1-2;/h2-4,13-15,25H,5-12H2,1H3;2*1-2H3;1H/b22-15+;;;. The molecule has 194 valence electrons. The van der Waals surface area contributed by atoms with Crippen molar-refractivity contribution in [2.75, 3.05) is 62.9 Å². The van der Waals surface area contributed by atoms with Gasteiger partial charge in [-0.05, 0) is 24.6 Å². The number of hydrogen-bond donors (Lipinski definition) is 1. The maximum Gasteiger partial charge on any atom is 0.410 e. The van der Waals surface area contributed by atoms with Crippen LogP contribution < -0.4 is 15.1 Å². The van der Waals surface area contributed by atoms with Crippen LogP contribution in [0.15, 0.2) is 35.4 Å². The van der Waals surface area contributed by atoms with Gasteiger partial charge in [0.2, 0.25) is 5.88 Å². The highest BCUT2D eigenvalue weighted by Crippen LogP contribution is 2.19. The molecule has 10 nitrogen and oxygen atoms in total. The van der Waals surface area contributed by atoms with Crippen LogP contribution in [0.4, 0.5) is 16.3 Å². The van der Waals surface area contributed by atoms with Gasteiger partial charge in [0.15, 0.2) is 5.82 Å². The van der Waals surface area contributed by atoms with Crippen molar-refractivity contribution in [2.45, 2.75) is 34.6 Å². The van der Waals surface area contributed by atoms with Gasteiger partial charge in [0.05, 0.1) is 38.2 Å². The smallest absolute Gasteiger partial charge is 0.410 e. The summed E-state index contributed by atoms with van der Waals surface area (Å²) in [5.74, 6) is 1.62. The molecule has 2 aromatic rings. The number of morpholine rings is 1. The third kappa shape index (κ3) is 9.05. The van der Waals surface area contributed by atoms with E-state index in [0.717, 1.165) is 30.2 Å². The molecule has 10 heteroatoms. The van der Waals surface area contributed by atoms with Crippen molar-refractivity contribution in [3.63, 3.8) is 0 Å². The number of ether oxygens (including phenoxy) is 3. The number of anilines is 2. The van der Waals surface area contributed by atoms with Gasteiger partial charge in [0, 0.05) is 20.6 Å². The van der Waals surface area contributed by atoms with E-state index in [-0.39, 0.29) is 7.52 Å². The van der Waals surface area contributed by atoms with Gasteiger partial charge >= 0.3 is 6.09 Å². The molecule has 0 spiro atoms. The summed E-state index contributed by atoms with van der Waals surface area (Å²) in [6.07, 6.45) is 1.26. The molecule has 2 saturated heterocycles. The minimum atomic E-state index is -0.310. The minimum Gasteiger partial charge on any atom is -0.476 e. The average Bonchev–Trinajstić information content (AvgIpc) is 3.31. The number of carbonyl (C=O) groups is 1. The molecule has 1 aromatic heterocycles. The number of nitrogens with zero attached hydrogens (tertiary/aromatic N) is 5. The van der Waals surface area contributed by atoms with E-state index in [9.17, 15) is 4.79 Å². The van der Waals surface area contributed by atoms with Gasteiger partial charge in [0.25, 0.3) is 0 Å². The molecule has 0 aliphatic carbocycles. The van der Waals surface area contributed by atoms with Crippen molar-refractivity contribution in [3.05, 3.63) is 41.7 Å². The van der Waals surface area contributed by atoms with E-state index < -0.39 is 0 Å². The lowest BCUT2D eigenvalue weighted by Gasteiger charge is -2.28. The molecular weight excluding hydrogens is 448 g/mol. The zero-order chi connectivity index (χ0) is 25.5. The molecule has 2 aliphatic heterocycles. The Bertz CT molecular complexity index is 941. The number of amides is 1. The fourth-order valence-electron chi connectivity index (χ4n) is 3.28. The lowest BCUT2D eigenvalue weighted by molar-refractivity contribution is 0.122.